The first-order valence-electron chi connectivity index (χ1n) is 3.58. The van der Waals surface area contributed by atoms with Crippen LogP contribution in [0.25, 0.3) is 0 Å². The highest BCUT2D eigenvalue weighted by Gasteiger charge is 2.12. The molecule has 0 aliphatic heterocycles. The first-order chi connectivity index (χ1) is 5.79. The number of carbonyl (C=O) groups is 1. The van der Waals surface area contributed by atoms with Crippen LogP contribution < -0.4 is 5.73 Å². The molecule has 0 atom stereocenters. The Balaban J connectivity index is 2.83. The van der Waals surface area contributed by atoms with Crippen LogP contribution in [0.1, 0.15) is 16.1 Å². The van der Waals surface area contributed by atoms with Gasteiger partial charge in [0.05, 0.1) is 19.4 Å². The quantitative estimate of drug-likeness (QED) is 0.669. The summed E-state index contributed by atoms with van der Waals surface area (Å²) in [6, 6.07) is 1.70. The van der Waals surface area contributed by atoms with E-state index in [0.29, 0.717) is 12.4 Å². The van der Waals surface area contributed by atoms with Crippen molar-refractivity contribution in [3.63, 3.8) is 0 Å². The lowest BCUT2D eigenvalue weighted by atomic mass is 10.2. The standard InChI is InChI=1S/C8H11NO3/c1-11-5-6-2-3-12-8(6)7(10)4-9/h2-3H,4-5,9H2,1H3. The molecule has 1 aromatic heterocycles. The summed E-state index contributed by atoms with van der Waals surface area (Å²) >= 11 is 0. The largest absolute Gasteiger partial charge is 0.461 e. The molecule has 4 heteroatoms. The Morgan fingerprint density at radius 2 is 2.50 bits per heavy atom. The van der Waals surface area contributed by atoms with Crippen molar-refractivity contribution >= 4 is 5.78 Å². The summed E-state index contributed by atoms with van der Waals surface area (Å²) in [6.07, 6.45) is 1.46. The lowest BCUT2D eigenvalue weighted by molar-refractivity contribution is 0.0968. The molecule has 0 aliphatic rings. The molecule has 0 spiro atoms. The third-order valence-corrected chi connectivity index (χ3v) is 1.49. The molecule has 12 heavy (non-hydrogen) atoms. The number of carbonyl (C=O) groups excluding carboxylic acids is 1. The average Bonchev–Trinajstić information content (AvgIpc) is 2.52. The number of ketones is 1. The summed E-state index contributed by atoms with van der Waals surface area (Å²) in [4.78, 5) is 11.1. The first kappa shape index (κ1) is 8.96. The Morgan fingerprint density at radius 1 is 1.75 bits per heavy atom. The molecule has 0 saturated heterocycles. The van der Waals surface area contributed by atoms with Gasteiger partial charge in [-0.05, 0) is 6.07 Å². The van der Waals surface area contributed by atoms with Gasteiger partial charge in [-0.3, -0.25) is 4.79 Å². The number of Topliss-reactive ketones (excluding diaryl/α,β-unsaturated/α-hetero) is 1. The van der Waals surface area contributed by atoms with E-state index >= 15 is 0 Å². The fraction of sp³-hybridized carbons (Fsp3) is 0.375. The van der Waals surface area contributed by atoms with Crippen LogP contribution >= 0.6 is 0 Å². The van der Waals surface area contributed by atoms with Crippen molar-refractivity contribution in [2.75, 3.05) is 13.7 Å². The van der Waals surface area contributed by atoms with Crippen molar-refractivity contribution in [2.45, 2.75) is 6.61 Å². The molecule has 0 unspecified atom stereocenters. The van der Waals surface area contributed by atoms with Gasteiger partial charge in [0.2, 0.25) is 5.78 Å². The van der Waals surface area contributed by atoms with E-state index in [-0.39, 0.29) is 12.3 Å². The third-order valence-electron chi connectivity index (χ3n) is 1.49. The zero-order valence-corrected chi connectivity index (χ0v) is 6.87. The number of hydrogen-bond acceptors (Lipinski definition) is 4. The van der Waals surface area contributed by atoms with Crippen molar-refractivity contribution < 1.29 is 13.9 Å². The fourth-order valence-corrected chi connectivity index (χ4v) is 0.942. The second-order valence-corrected chi connectivity index (χ2v) is 2.34. The average molecular weight is 169 g/mol. The summed E-state index contributed by atoms with van der Waals surface area (Å²) < 4.78 is 9.83. The number of rotatable bonds is 4. The van der Waals surface area contributed by atoms with Crippen molar-refractivity contribution in [2.24, 2.45) is 5.73 Å². The molecule has 0 bridgehead atoms. The molecular weight excluding hydrogens is 158 g/mol. The SMILES string of the molecule is COCc1ccoc1C(=O)CN. The number of nitrogens with two attached hydrogens (primary N) is 1. The molecule has 66 valence electrons. The monoisotopic (exact) mass is 169 g/mol. The van der Waals surface area contributed by atoms with Gasteiger partial charge in [0.25, 0.3) is 0 Å². The van der Waals surface area contributed by atoms with Gasteiger partial charge < -0.3 is 14.9 Å². The van der Waals surface area contributed by atoms with Crippen molar-refractivity contribution in [3.05, 3.63) is 23.7 Å². The molecule has 1 rings (SSSR count). The van der Waals surface area contributed by atoms with E-state index in [1.165, 1.54) is 6.26 Å². The Kier molecular flexibility index (Phi) is 3.01. The second-order valence-electron chi connectivity index (χ2n) is 2.34. The summed E-state index contributed by atoms with van der Waals surface area (Å²) in [5, 5.41) is 0. The highest BCUT2D eigenvalue weighted by atomic mass is 16.5. The molecule has 0 saturated carbocycles. The number of methoxy groups -OCH3 is 1. The molecule has 4 nitrogen and oxygen atoms in total. The molecular formula is C8H11NO3. The fourth-order valence-electron chi connectivity index (χ4n) is 0.942. The molecule has 0 amide bonds. The molecule has 2 N–H and O–H groups in total. The molecule has 0 aliphatic carbocycles. The maximum Gasteiger partial charge on any atom is 0.211 e. The Hall–Kier alpha value is -1.13. The highest BCUT2D eigenvalue weighted by Crippen LogP contribution is 2.11. The number of furan rings is 1. The van der Waals surface area contributed by atoms with Crippen LogP contribution in [0.3, 0.4) is 0 Å². The van der Waals surface area contributed by atoms with E-state index < -0.39 is 0 Å². The Bertz CT molecular complexity index is 267. The third kappa shape index (κ3) is 1.72. The van der Waals surface area contributed by atoms with Crippen LogP contribution in [0.2, 0.25) is 0 Å². The van der Waals surface area contributed by atoms with Crippen LogP contribution in [0.4, 0.5) is 0 Å². The number of ether oxygens (including phenoxy) is 1. The zero-order chi connectivity index (χ0) is 8.97. The maximum atomic E-state index is 11.1. The molecule has 1 aromatic rings. The van der Waals surface area contributed by atoms with E-state index in [2.05, 4.69) is 0 Å². The topological polar surface area (TPSA) is 65.5 Å². The predicted molar refractivity (Wildman–Crippen MR) is 42.8 cm³/mol. The van der Waals surface area contributed by atoms with Gasteiger partial charge >= 0.3 is 0 Å². The van der Waals surface area contributed by atoms with Gasteiger partial charge in [-0.25, -0.2) is 0 Å². The second kappa shape index (κ2) is 4.04. The van der Waals surface area contributed by atoms with Crippen LogP contribution in [-0.4, -0.2) is 19.4 Å². The molecule has 0 aromatic carbocycles. The van der Waals surface area contributed by atoms with Gasteiger partial charge in [0.15, 0.2) is 5.76 Å². The Morgan fingerprint density at radius 3 is 3.08 bits per heavy atom. The van der Waals surface area contributed by atoms with Gasteiger partial charge in [-0.15, -0.1) is 0 Å². The lowest BCUT2D eigenvalue weighted by Crippen LogP contribution is -2.14. The lowest BCUT2D eigenvalue weighted by Gasteiger charge is -1.97. The zero-order valence-electron chi connectivity index (χ0n) is 6.87. The first-order valence-corrected chi connectivity index (χ1v) is 3.58. The highest BCUT2D eigenvalue weighted by molar-refractivity contribution is 5.96. The maximum absolute atomic E-state index is 11.1. The minimum absolute atomic E-state index is 0.0375. The number of hydrogen-bond donors (Lipinski definition) is 1. The van der Waals surface area contributed by atoms with E-state index in [0.717, 1.165) is 5.56 Å². The summed E-state index contributed by atoms with van der Waals surface area (Å²) in [5.41, 5.74) is 5.92. The van der Waals surface area contributed by atoms with Crippen molar-refractivity contribution in [1.29, 1.82) is 0 Å². The van der Waals surface area contributed by atoms with Crippen molar-refractivity contribution in [3.8, 4) is 0 Å². The van der Waals surface area contributed by atoms with Crippen LogP contribution in [-0.2, 0) is 11.3 Å². The van der Waals surface area contributed by atoms with Gasteiger partial charge in [-0.2, -0.15) is 0 Å². The molecule has 0 fully saturated rings. The molecule has 1 heterocycles. The predicted octanol–water partition coefficient (Wildman–Crippen LogP) is 0.567. The van der Waals surface area contributed by atoms with Crippen LogP contribution in [0.15, 0.2) is 16.7 Å². The van der Waals surface area contributed by atoms with Crippen molar-refractivity contribution in [1.82, 2.24) is 0 Å². The van der Waals surface area contributed by atoms with Gasteiger partial charge in [0.1, 0.15) is 0 Å². The van der Waals surface area contributed by atoms with E-state index in [1.807, 2.05) is 0 Å². The normalized spacial score (nSPS) is 10.2. The minimum Gasteiger partial charge on any atom is -0.461 e. The van der Waals surface area contributed by atoms with E-state index in [4.69, 9.17) is 14.9 Å². The summed E-state index contributed by atoms with van der Waals surface area (Å²) in [5.74, 6) is 0.103. The summed E-state index contributed by atoms with van der Waals surface area (Å²) in [6.45, 7) is 0.335. The smallest absolute Gasteiger partial charge is 0.211 e. The van der Waals surface area contributed by atoms with Crippen LogP contribution in [0, 0.1) is 0 Å². The van der Waals surface area contributed by atoms with Crippen LogP contribution in [0.5, 0.6) is 0 Å². The minimum atomic E-state index is -0.202. The van der Waals surface area contributed by atoms with Gasteiger partial charge in [0, 0.05) is 12.7 Å². The Labute approximate surface area is 70.3 Å². The van der Waals surface area contributed by atoms with Gasteiger partial charge in [-0.1, -0.05) is 0 Å². The molecule has 0 radical (unpaired) electrons. The van der Waals surface area contributed by atoms with E-state index in [1.54, 1.807) is 13.2 Å². The van der Waals surface area contributed by atoms with E-state index in [9.17, 15) is 4.79 Å². The summed E-state index contributed by atoms with van der Waals surface area (Å²) in [7, 11) is 1.56.